The molecule has 0 saturated carbocycles. The summed E-state index contributed by atoms with van der Waals surface area (Å²) in [5.74, 6) is -0.705. The Kier molecular flexibility index (Phi) is 5.72. The number of rotatable bonds is 5. The molecule has 0 unspecified atom stereocenters. The molecule has 0 spiro atoms. The second-order valence-electron chi connectivity index (χ2n) is 2.90. The van der Waals surface area contributed by atoms with E-state index in [0.717, 1.165) is 6.42 Å². The van der Waals surface area contributed by atoms with Crippen molar-refractivity contribution < 1.29 is 14.6 Å². The SMILES string of the molecule is CCC[C@H](O)[C@@H](C)C(=O)OCC. The number of aliphatic hydroxyl groups is 1. The summed E-state index contributed by atoms with van der Waals surface area (Å²) >= 11 is 0. The van der Waals surface area contributed by atoms with Crippen LogP contribution >= 0.6 is 0 Å². The second-order valence-corrected chi connectivity index (χ2v) is 2.90. The maximum Gasteiger partial charge on any atom is 0.311 e. The van der Waals surface area contributed by atoms with E-state index in [0.29, 0.717) is 13.0 Å². The Morgan fingerprint density at radius 2 is 2.08 bits per heavy atom. The average molecular weight is 174 g/mol. The average Bonchev–Trinajstić information content (AvgIpc) is 2.04. The van der Waals surface area contributed by atoms with E-state index in [1.54, 1.807) is 13.8 Å². The fourth-order valence-corrected chi connectivity index (χ4v) is 0.977. The predicted octanol–water partition coefficient (Wildman–Crippen LogP) is 1.35. The minimum absolute atomic E-state index is 0.307. The van der Waals surface area contributed by atoms with Crippen LogP contribution in [-0.2, 0) is 9.53 Å². The topological polar surface area (TPSA) is 46.5 Å². The van der Waals surface area contributed by atoms with Gasteiger partial charge in [0.1, 0.15) is 0 Å². The standard InChI is InChI=1S/C9H18O3/c1-4-6-8(10)7(3)9(11)12-5-2/h7-8,10H,4-6H2,1-3H3/t7-,8+/m1/s1. The van der Waals surface area contributed by atoms with Crippen molar-refractivity contribution in [3.8, 4) is 0 Å². The number of esters is 1. The van der Waals surface area contributed by atoms with Gasteiger partial charge in [-0.2, -0.15) is 0 Å². The zero-order chi connectivity index (χ0) is 9.56. The van der Waals surface area contributed by atoms with Crippen LogP contribution in [-0.4, -0.2) is 23.8 Å². The Morgan fingerprint density at radius 1 is 1.50 bits per heavy atom. The van der Waals surface area contributed by atoms with Gasteiger partial charge < -0.3 is 9.84 Å². The lowest BCUT2D eigenvalue weighted by atomic mass is 10.0. The van der Waals surface area contributed by atoms with Crippen molar-refractivity contribution in [1.29, 1.82) is 0 Å². The number of ether oxygens (including phenoxy) is 1. The smallest absolute Gasteiger partial charge is 0.311 e. The monoisotopic (exact) mass is 174 g/mol. The van der Waals surface area contributed by atoms with Gasteiger partial charge in [-0.15, -0.1) is 0 Å². The fraction of sp³-hybridized carbons (Fsp3) is 0.889. The van der Waals surface area contributed by atoms with Crippen molar-refractivity contribution in [3.05, 3.63) is 0 Å². The summed E-state index contributed by atoms with van der Waals surface area (Å²) in [4.78, 5) is 11.1. The summed E-state index contributed by atoms with van der Waals surface area (Å²) in [6, 6.07) is 0. The van der Waals surface area contributed by atoms with Gasteiger partial charge in [-0.1, -0.05) is 13.3 Å². The van der Waals surface area contributed by atoms with Crippen molar-refractivity contribution in [2.75, 3.05) is 6.61 Å². The Labute approximate surface area is 73.7 Å². The minimum atomic E-state index is -0.561. The highest BCUT2D eigenvalue weighted by Crippen LogP contribution is 2.10. The highest BCUT2D eigenvalue weighted by molar-refractivity contribution is 5.72. The first-order valence-corrected chi connectivity index (χ1v) is 4.48. The van der Waals surface area contributed by atoms with E-state index in [4.69, 9.17) is 4.74 Å². The molecule has 0 aliphatic rings. The molecule has 3 heteroatoms. The lowest BCUT2D eigenvalue weighted by molar-refractivity contribution is -0.151. The maximum absolute atomic E-state index is 11.1. The van der Waals surface area contributed by atoms with Crippen LogP contribution in [0.5, 0.6) is 0 Å². The van der Waals surface area contributed by atoms with Crippen molar-refractivity contribution >= 4 is 5.97 Å². The van der Waals surface area contributed by atoms with Gasteiger partial charge in [-0.25, -0.2) is 0 Å². The van der Waals surface area contributed by atoms with Crippen LogP contribution < -0.4 is 0 Å². The van der Waals surface area contributed by atoms with E-state index >= 15 is 0 Å². The molecule has 72 valence electrons. The molecule has 0 fully saturated rings. The van der Waals surface area contributed by atoms with Crippen LogP contribution in [0.3, 0.4) is 0 Å². The number of carbonyl (C=O) groups excluding carboxylic acids is 1. The molecule has 0 aliphatic carbocycles. The summed E-state index contributed by atoms with van der Waals surface area (Å²) < 4.78 is 4.77. The van der Waals surface area contributed by atoms with E-state index < -0.39 is 12.0 Å². The molecule has 0 aromatic rings. The molecule has 0 aromatic heterocycles. The zero-order valence-corrected chi connectivity index (χ0v) is 8.04. The molecule has 0 amide bonds. The van der Waals surface area contributed by atoms with Gasteiger partial charge in [0.15, 0.2) is 0 Å². The summed E-state index contributed by atoms with van der Waals surface area (Å²) in [5.41, 5.74) is 0. The third kappa shape index (κ3) is 3.72. The predicted molar refractivity (Wildman–Crippen MR) is 46.7 cm³/mol. The summed E-state index contributed by atoms with van der Waals surface area (Å²) in [7, 11) is 0. The highest BCUT2D eigenvalue weighted by Gasteiger charge is 2.21. The molecule has 3 nitrogen and oxygen atoms in total. The number of hydrogen-bond acceptors (Lipinski definition) is 3. The molecule has 0 saturated heterocycles. The van der Waals surface area contributed by atoms with Crippen molar-refractivity contribution in [2.24, 2.45) is 5.92 Å². The van der Waals surface area contributed by atoms with Crippen LogP contribution in [0.15, 0.2) is 0 Å². The Bertz CT molecular complexity index is 134. The number of hydrogen-bond donors (Lipinski definition) is 1. The van der Waals surface area contributed by atoms with Crippen LogP contribution in [0.2, 0.25) is 0 Å². The van der Waals surface area contributed by atoms with E-state index in [1.165, 1.54) is 0 Å². The van der Waals surface area contributed by atoms with Crippen molar-refractivity contribution in [2.45, 2.75) is 39.7 Å². The molecular formula is C9H18O3. The van der Waals surface area contributed by atoms with E-state index in [9.17, 15) is 9.90 Å². The van der Waals surface area contributed by atoms with Crippen molar-refractivity contribution in [1.82, 2.24) is 0 Å². The molecule has 0 radical (unpaired) electrons. The second kappa shape index (κ2) is 6.00. The first-order chi connectivity index (χ1) is 5.63. The highest BCUT2D eigenvalue weighted by atomic mass is 16.5. The summed E-state index contributed by atoms with van der Waals surface area (Å²) in [6.45, 7) is 5.80. The van der Waals surface area contributed by atoms with E-state index in [-0.39, 0.29) is 5.97 Å². The third-order valence-electron chi connectivity index (χ3n) is 1.82. The van der Waals surface area contributed by atoms with Gasteiger partial charge in [-0.05, 0) is 20.3 Å². The molecular weight excluding hydrogens is 156 g/mol. The van der Waals surface area contributed by atoms with Gasteiger partial charge in [-0.3, -0.25) is 4.79 Å². The molecule has 2 atom stereocenters. The zero-order valence-electron chi connectivity index (χ0n) is 8.04. The van der Waals surface area contributed by atoms with Gasteiger partial charge >= 0.3 is 5.97 Å². The van der Waals surface area contributed by atoms with Gasteiger partial charge in [0.2, 0.25) is 0 Å². The normalized spacial score (nSPS) is 15.3. The van der Waals surface area contributed by atoms with Crippen molar-refractivity contribution in [3.63, 3.8) is 0 Å². The summed E-state index contributed by atoms with van der Waals surface area (Å²) in [6.07, 6.45) is 0.972. The third-order valence-corrected chi connectivity index (χ3v) is 1.82. The lowest BCUT2D eigenvalue weighted by Crippen LogP contribution is -2.27. The molecule has 0 aliphatic heterocycles. The fourth-order valence-electron chi connectivity index (χ4n) is 0.977. The maximum atomic E-state index is 11.1. The largest absolute Gasteiger partial charge is 0.466 e. The number of carbonyl (C=O) groups is 1. The molecule has 0 aromatic carbocycles. The van der Waals surface area contributed by atoms with E-state index in [2.05, 4.69) is 0 Å². The minimum Gasteiger partial charge on any atom is -0.466 e. The summed E-state index contributed by atoms with van der Waals surface area (Å²) in [5, 5.41) is 9.41. The first-order valence-electron chi connectivity index (χ1n) is 4.48. The van der Waals surface area contributed by atoms with Crippen LogP contribution in [0, 0.1) is 5.92 Å². The Hall–Kier alpha value is -0.570. The number of aliphatic hydroxyl groups excluding tert-OH is 1. The van der Waals surface area contributed by atoms with Gasteiger partial charge in [0.25, 0.3) is 0 Å². The van der Waals surface area contributed by atoms with E-state index in [1.807, 2.05) is 6.92 Å². The van der Waals surface area contributed by atoms with Crippen LogP contribution in [0.1, 0.15) is 33.6 Å². The van der Waals surface area contributed by atoms with Gasteiger partial charge in [0.05, 0.1) is 18.6 Å². The van der Waals surface area contributed by atoms with Crippen LogP contribution in [0.4, 0.5) is 0 Å². The molecule has 12 heavy (non-hydrogen) atoms. The molecule has 0 bridgehead atoms. The Morgan fingerprint density at radius 3 is 2.50 bits per heavy atom. The molecule has 0 heterocycles. The first kappa shape index (κ1) is 11.4. The molecule has 0 rings (SSSR count). The quantitative estimate of drug-likeness (QED) is 0.640. The lowest BCUT2D eigenvalue weighted by Gasteiger charge is -2.16. The molecule has 1 N–H and O–H groups in total. The van der Waals surface area contributed by atoms with Gasteiger partial charge in [0, 0.05) is 0 Å². The van der Waals surface area contributed by atoms with Crippen LogP contribution in [0.25, 0.3) is 0 Å². The Balaban J connectivity index is 3.82.